The molecule has 29 heavy (non-hydrogen) atoms. The van der Waals surface area contributed by atoms with E-state index in [0.717, 1.165) is 30.3 Å². The number of fused-ring (bicyclic) bond motifs is 1. The lowest BCUT2D eigenvalue weighted by Gasteiger charge is -2.14. The largest absolute Gasteiger partial charge is 0.454 e. The number of ether oxygens (including phenoxy) is 1. The molecule has 1 aromatic carbocycles. The van der Waals surface area contributed by atoms with Crippen molar-refractivity contribution in [3.05, 3.63) is 53.2 Å². The van der Waals surface area contributed by atoms with Crippen molar-refractivity contribution in [2.45, 2.75) is 38.3 Å². The van der Waals surface area contributed by atoms with E-state index in [-0.39, 0.29) is 18.1 Å². The van der Waals surface area contributed by atoms with E-state index in [1.165, 1.54) is 6.33 Å². The van der Waals surface area contributed by atoms with Crippen molar-refractivity contribution in [3.8, 4) is 0 Å². The van der Waals surface area contributed by atoms with Crippen molar-refractivity contribution in [2.24, 2.45) is 0 Å². The van der Waals surface area contributed by atoms with Gasteiger partial charge in [-0.3, -0.25) is 19.0 Å². The predicted octanol–water partition coefficient (Wildman–Crippen LogP) is 1.89. The number of benzene rings is 1. The van der Waals surface area contributed by atoms with E-state index in [9.17, 15) is 14.4 Å². The Labute approximate surface area is 166 Å². The average Bonchev–Trinajstić information content (AvgIpc) is 3.40. The van der Waals surface area contributed by atoms with Gasteiger partial charge < -0.3 is 10.1 Å². The molecule has 2 heterocycles. The summed E-state index contributed by atoms with van der Waals surface area (Å²) in [7, 11) is 0. The zero-order valence-corrected chi connectivity index (χ0v) is 15.8. The predicted molar refractivity (Wildman–Crippen MR) is 105 cm³/mol. The van der Waals surface area contributed by atoms with Crippen molar-refractivity contribution in [3.63, 3.8) is 0 Å². The first-order chi connectivity index (χ1) is 14.1. The van der Waals surface area contributed by atoms with Gasteiger partial charge in [0.05, 0.1) is 29.5 Å². The number of nitrogens with zero attached hydrogens (tertiary/aromatic N) is 4. The van der Waals surface area contributed by atoms with Crippen LogP contribution in [-0.4, -0.2) is 37.8 Å². The summed E-state index contributed by atoms with van der Waals surface area (Å²) in [5.74, 6) is -0.557. The highest BCUT2D eigenvalue weighted by molar-refractivity contribution is 5.92. The summed E-state index contributed by atoms with van der Waals surface area (Å²) >= 11 is 0. The molecule has 1 amide bonds. The summed E-state index contributed by atoms with van der Waals surface area (Å²) in [5.41, 5.74) is 0.220. The van der Waals surface area contributed by atoms with Crippen LogP contribution in [-0.2, 0) is 20.9 Å². The maximum atomic E-state index is 12.4. The number of anilines is 1. The van der Waals surface area contributed by atoms with Crippen molar-refractivity contribution < 1.29 is 14.3 Å². The van der Waals surface area contributed by atoms with Gasteiger partial charge in [0, 0.05) is 6.07 Å². The molecule has 0 saturated heterocycles. The van der Waals surface area contributed by atoms with Crippen molar-refractivity contribution in [1.82, 2.24) is 19.3 Å². The first kappa shape index (κ1) is 18.9. The van der Waals surface area contributed by atoms with Gasteiger partial charge in [-0.15, -0.1) is 0 Å². The molecule has 9 nitrogen and oxygen atoms in total. The number of amides is 1. The highest BCUT2D eigenvalue weighted by atomic mass is 16.5. The summed E-state index contributed by atoms with van der Waals surface area (Å²) < 4.78 is 8.00. The molecule has 1 aliphatic carbocycles. The van der Waals surface area contributed by atoms with Gasteiger partial charge in [-0.25, -0.2) is 9.67 Å². The van der Waals surface area contributed by atoms with Gasteiger partial charge in [0.2, 0.25) is 0 Å². The molecule has 1 saturated carbocycles. The van der Waals surface area contributed by atoms with Gasteiger partial charge in [0.1, 0.15) is 12.4 Å². The van der Waals surface area contributed by atoms with Gasteiger partial charge in [0.15, 0.2) is 6.61 Å². The molecule has 150 valence electrons. The third-order valence-corrected chi connectivity index (χ3v) is 5.00. The van der Waals surface area contributed by atoms with E-state index in [0.29, 0.717) is 16.7 Å². The van der Waals surface area contributed by atoms with Crippen LogP contribution in [0.1, 0.15) is 31.7 Å². The molecule has 0 aliphatic heterocycles. The smallest absolute Gasteiger partial charge is 0.326 e. The molecule has 2 aromatic heterocycles. The molecule has 1 N–H and O–H groups in total. The average molecular weight is 395 g/mol. The number of carbonyl (C=O) groups excluding carboxylic acids is 2. The molecule has 3 aromatic rings. The Morgan fingerprint density at radius 2 is 1.97 bits per heavy atom. The van der Waals surface area contributed by atoms with E-state index >= 15 is 0 Å². The summed E-state index contributed by atoms with van der Waals surface area (Å²) in [6.07, 6.45) is 7.31. The first-order valence-corrected chi connectivity index (χ1v) is 9.55. The number of hydrogen-bond acceptors (Lipinski definition) is 6. The number of hydrogen-bond donors (Lipinski definition) is 1. The molecule has 0 radical (unpaired) electrons. The number of carbonyl (C=O) groups is 2. The summed E-state index contributed by atoms with van der Waals surface area (Å²) in [6, 6.07) is 8.89. The zero-order chi connectivity index (χ0) is 20.2. The second kappa shape index (κ2) is 8.26. The molecule has 0 atom stereocenters. The number of nitrogens with one attached hydrogen (secondary N) is 1. The lowest BCUT2D eigenvalue weighted by atomic mass is 10.2. The van der Waals surface area contributed by atoms with Crippen LogP contribution in [0.5, 0.6) is 0 Å². The molecule has 0 unspecified atom stereocenters. The van der Waals surface area contributed by atoms with Crippen molar-refractivity contribution in [2.75, 3.05) is 11.9 Å². The molecule has 0 spiro atoms. The number of esters is 1. The zero-order valence-electron chi connectivity index (χ0n) is 15.8. The standard InChI is InChI=1S/C20H21N5O4/c26-18(23-17-9-10-22-25(17)14-5-1-2-6-14)12-29-19(27)11-24-13-21-16-8-4-3-7-15(16)20(24)28/h3-4,7-10,13-14H,1-2,5-6,11-12H2,(H,23,26). The van der Waals surface area contributed by atoms with E-state index in [1.54, 1.807) is 36.5 Å². The fraction of sp³-hybridized carbons (Fsp3) is 0.350. The monoisotopic (exact) mass is 395 g/mol. The third-order valence-electron chi connectivity index (χ3n) is 5.00. The summed E-state index contributed by atoms with van der Waals surface area (Å²) in [5, 5.41) is 7.43. The lowest BCUT2D eigenvalue weighted by molar-refractivity contribution is -0.147. The minimum Gasteiger partial charge on any atom is -0.454 e. The SMILES string of the molecule is O=C(COC(=O)Cn1cnc2ccccc2c1=O)Nc1ccnn1C1CCCC1. The Morgan fingerprint density at radius 3 is 2.79 bits per heavy atom. The molecule has 4 rings (SSSR count). The summed E-state index contributed by atoms with van der Waals surface area (Å²) in [6.45, 7) is -0.756. The highest BCUT2D eigenvalue weighted by Gasteiger charge is 2.20. The first-order valence-electron chi connectivity index (χ1n) is 9.55. The Hall–Kier alpha value is -3.49. The molecule has 1 aliphatic rings. The minimum atomic E-state index is -0.691. The molecule has 0 bridgehead atoms. The number of para-hydroxylation sites is 1. The van der Waals surface area contributed by atoms with Crippen LogP contribution in [0.2, 0.25) is 0 Å². The summed E-state index contributed by atoms with van der Waals surface area (Å²) in [4.78, 5) is 40.8. The van der Waals surface area contributed by atoms with E-state index in [2.05, 4.69) is 15.4 Å². The lowest BCUT2D eigenvalue weighted by Crippen LogP contribution is -2.28. The second-order valence-electron chi connectivity index (χ2n) is 7.00. The van der Waals surface area contributed by atoms with Crippen LogP contribution in [0.25, 0.3) is 10.9 Å². The third kappa shape index (κ3) is 4.18. The van der Waals surface area contributed by atoms with Crippen LogP contribution in [0.15, 0.2) is 47.7 Å². The van der Waals surface area contributed by atoms with Gasteiger partial charge in [-0.1, -0.05) is 25.0 Å². The van der Waals surface area contributed by atoms with Gasteiger partial charge >= 0.3 is 5.97 Å². The Bertz CT molecular complexity index is 1100. The highest BCUT2D eigenvalue weighted by Crippen LogP contribution is 2.31. The minimum absolute atomic E-state index is 0.287. The Morgan fingerprint density at radius 1 is 1.17 bits per heavy atom. The second-order valence-corrected chi connectivity index (χ2v) is 7.00. The Balaban J connectivity index is 1.33. The van der Waals surface area contributed by atoms with Crippen LogP contribution in [0, 0.1) is 0 Å². The van der Waals surface area contributed by atoms with Crippen molar-refractivity contribution >= 4 is 28.6 Å². The normalized spacial score (nSPS) is 14.2. The molecular formula is C20H21N5O4. The maximum Gasteiger partial charge on any atom is 0.326 e. The van der Waals surface area contributed by atoms with Crippen molar-refractivity contribution in [1.29, 1.82) is 0 Å². The molecule has 9 heteroatoms. The number of rotatable bonds is 6. The topological polar surface area (TPSA) is 108 Å². The quantitative estimate of drug-likeness (QED) is 0.639. The fourth-order valence-corrected chi connectivity index (χ4v) is 3.58. The van der Waals surface area contributed by atoms with Gasteiger partial charge in [-0.05, 0) is 25.0 Å². The van der Waals surface area contributed by atoms with Crippen LogP contribution < -0.4 is 10.9 Å². The van der Waals surface area contributed by atoms with E-state index in [1.807, 2.05) is 4.68 Å². The Kier molecular flexibility index (Phi) is 5.37. The molecule has 1 fully saturated rings. The number of aromatic nitrogens is 4. The van der Waals surface area contributed by atoms with E-state index < -0.39 is 18.5 Å². The van der Waals surface area contributed by atoms with Crippen LogP contribution in [0.4, 0.5) is 5.82 Å². The van der Waals surface area contributed by atoms with E-state index in [4.69, 9.17) is 4.74 Å². The molecular weight excluding hydrogens is 374 g/mol. The fourth-order valence-electron chi connectivity index (χ4n) is 3.58. The van der Waals surface area contributed by atoms with Crippen LogP contribution >= 0.6 is 0 Å². The van der Waals surface area contributed by atoms with Gasteiger partial charge in [0.25, 0.3) is 11.5 Å². The van der Waals surface area contributed by atoms with Crippen LogP contribution in [0.3, 0.4) is 0 Å². The van der Waals surface area contributed by atoms with Gasteiger partial charge in [-0.2, -0.15) is 5.10 Å². The maximum absolute atomic E-state index is 12.4.